The molecule has 0 saturated carbocycles. The van der Waals surface area contributed by atoms with Gasteiger partial charge in [0.05, 0.1) is 43.1 Å². The fourth-order valence-electron chi connectivity index (χ4n) is 4.93. The van der Waals surface area contributed by atoms with Gasteiger partial charge < -0.3 is 30.8 Å². The fraction of sp³-hybridized carbons (Fsp3) is 0.360. The Morgan fingerprint density at radius 3 is 2.76 bits per heavy atom. The highest BCUT2D eigenvalue weighted by atomic mass is 19.3. The zero-order chi connectivity index (χ0) is 27.0. The van der Waals surface area contributed by atoms with Crippen LogP contribution in [0.5, 0.6) is 5.75 Å². The van der Waals surface area contributed by atoms with Crippen LogP contribution in [0.15, 0.2) is 43.1 Å². The van der Waals surface area contributed by atoms with Crippen LogP contribution in [0.25, 0.3) is 22.4 Å². The molecular weight excluding hydrogens is 501 g/mol. The summed E-state index contributed by atoms with van der Waals surface area (Å²) < 4.78 is 47.8. The number of nitrogens with two attached hydrogens (primary N) is 2. The van der Waals surface area contributed by atoms with E-state index in [0.717, 1.165) is 5.56 Å². The number of halogens is 3. The number of hydrogen-bond acceptors (Lipinski definition) is 9. The Morgan fingerprint density at radius 2 is 2.00 bits per heavy atom. The van der Waals surface area contributed by atoms with Crippen LogP contribution in [0, 0.1) is 5.82 Å². The highest BCUT2D eigenvalue weighted by molar-refractivity contribution is 5.81. The third-order valence-corrected chi connectivity index (χ3v) is 6.90. The number of aliphatic hydroxyl groups is 1. The van der Waals surface area contributed by atoms with Crippen LogP contribution in [0.1, 0.15) is 18.4 Å². The normalized spacial score (nSPS) is 18.8. The van der Waals surface area contributed by atoms with Gasteiger partial charge in [0.1, 0.15) is 29.5 Å². The zero-order valence-electron chi connectivity index (χ0n) is 20.6. The second kappa shape index (κ2) is 10.1. The number of piperidine rings is 1. The van der Waals surface area contributed by atoms with Gasteiger partial charge in [-0.15, -0.1) is 0 Å². The third-order valence-electron chi connectivity index (χ3n) is 6.90. The van der Waals surface area contributed by atoms with E-state index in [1.807, 2.05) is 11.0 Å². The molecule has 200 valence electrons. The smallest absolute Gasteiger partial charge is 0.265 e. The Bertz CT molecular complexity index is 1470. The summed E-state index contributed by atoms with van der Waals surface area (Å²) in [5.41, 5.74) is 14.2. The number of alkyl halides is 2. The maximum absolute atomic E-state index is 13.8. The average molecular weight is 529 g/mol. The van der Waals surface area contributed by atoms with Crippen molar-refractivity contribution in [3.63, 3.8) is 0 Å². The lowest BCUT2D eigenvalue weighted by atomic mass is 9.84. The summed E-state index contributed by atoms with van der Waals surface area (Å²) in [6.07, 6.45) is 0.376. The van der Waals surface area contributed by atoms with Crippen molar-refractivity contribution in [3.05, 3.63) is 54.5 Å². The maximum atomic E-state index is 13.8. The number of pyridine rings is 1. The summed E-state index contributed by atoms with van der Waals surface area (Å²) in [5, 5.41) is 10.2. The first kappa shape index (κ1) is 25.7. The Labute approximate surface area is 216 Å². The van der Waals surface area contributed by atoms with E-state index in [4.69, 9.17) is 16.2 Å². The minimum atomic E-state index is -2.96. The molecular formula is C25H27F3N8O2. The van der Waals surface area contributed by atoms with Gasteiger partial charge >= 0.3 is 0 Å². The first-order valence-electron chi connectivity index (χ1n) is 11.9. The molecule has 4 heterocycles. The van der Waals surface area contributed by atoms with Crippen LogP contribution in [0.3, 0.4) is 0 Å². The fourth-order valence-corrected chi connectivity index (χ4v) is 4.93. The number of rotatable bonds is 7. The number of ether oxygens (including phenoxy) is 1. The molecule has 2 atom stereocenters. The molecule has 0 bridgehead atoms. The van der Waals surface area contributed by atoms with E-state index >= 15 is 0 Å². The molecule has 1 aliphatic rings. The summed E-state index contributed by atoms with van der Waals surface area (Å²) >= 11 is 0. The van der Waals surface area contributed by atoms with E-state index in [1.54, 1.807) is 23.2 Å². The van der Waals surface area contributed by atoms with Gasteiger partial charge in [-0.05, 0) is 36.6 Å². The third kappa shape index (κ3) is 4.70. The number of aromatic nitrogens is 5. The van der Waals surface area contributed by atoms with Crippen molar-refractivity contribution < 1.29 is 23.0 Å². The highest BCUT2D eigenvalue weighted by Gasteiger charge is 2.43. The quantitative estimate of drug-likeness (QED) is 0.330. The number of anilines is 2. The summed E-state index contributed by atoms with van der Waals surface area (Å²) in [4.78, 5) is 19.0. The van der Waals surface area contributed by atoms with Crippen LogP contribution >= 0.6 is 0 Å². The molecule has 0 aliphatic carbocycles. The monoisotopic (exact) mass is 528 g/mol. The zero-order valence-corrected chi connectivity index (χ0v) is 20.6. The summed E-state index contributed by atoms with van der Waals surface area (Å²) in [5.74, 6) is 0.101. The lowest BCUT2D eigenvalue weighted by Crippen LogP contribution is -2.63. The standard InChI is InChI=1S/C25H27F3N8O2/c1-38-19-8-15(26)3-4-16(19)17-7-14(10-36-13-34-20-23(29)32-12-33-24(20)36)18(9-31-17)35-6-2-5-25(30,11-35)21(37)22(27)28/h3-4,7-9,12-13,21-22,37H,2,5-6,10-11,30H2,1H3,(H2,29,32,33)/t21-,25?/m0/s1. The molecule has 1 unspecified atom stereocenters. The topological polar surface area (TPSA) is 141 Å². The van der Waals surface area contributed by atoms with Crippen LogP contribution in [-0.2, 0) is 6.54 Å². The highest BCUT2D eigenvalue weighted by Crippen LogP contribution is 2.35. The minimum Gasteiger partial charge on any atom is -0.496 e. The maximum Gasteiger partial charge on any atom is 0.265 e. The van der Waals surface area contributed by atoms with E-state index in [0.29, 0.717) is 46.8 Å². The van der Waals surface area contributed by atoms with E-state index in [1.165, 1.54) is 25.6 Å². The van der Waals surface area contributed by atoms with E-state index in [9.17, 15) is 18.3 Å². The number of nitrogen functional groups attached to an aromatic ring is 1. The van der Waals surface area contributed by atoms with Crippen LogP contribution in [0.2, 0.25) is 0 Å². The Hall–Kier alpha value is -3.97. The first-order valence-corrected chi connectivity index (χ1v) is 11.9. The van der Waals surface area contributed by atoms with Gasteiger partial charge in [0.25, 0.3) is 6.43 Å². The van der Waals surface area contributed by atoms with Crippen molar-refractivity contribution in [1.29, 1.82) is 0 Å². The predicted molar refractivity (Wildman–Crippen MR) is 135 cm³/mol. The van der Waals surface area contributed by atoms with Crippen LogP contribution in [0.4, 0.5) is 24.7 Å². The van der Waals surface area contributed by atoms with E-state index in [2.05, 4.69) is 19.9 Å². The molecule has 3 aromatic heterocycles. The largest absolute Gasteiger partial charge is 0.496 e. The van der Waals surface area contributed by atoms with Crippen molar-refractivity contribution in [2.75, 3.05) is 30.8 Å². The van der Waals surface area contributed by atoms with Crippen molar-refractivity contribution in [3.8, 4) is 17.0 Å². The summed E-state index contributed by atoms with van der Waals surface area (Å²) in [6, 6.07) is 5.98. The minimum absolute atomic E-state index is 0.00615. The second-order valence-electron chi connectivity index (χ2n) is 9.38. The number of nitrogens with zero attached hydrogens (tertiary/aromatic N) is 6. The summed E-state index contributed by atoms with van der Waals surface area (Å²) in [6.45, 7) is 0.807. The van der Waals surface area contributed by atoms with E-state index in [-0.39, 0.29) is 25.3 Å². The lowest BCUT2D eigenvalue weighted by molar-refractivity contribution is -0.0529. The molecule has 13 heteroatoms. The van der Waals surface area contributed by atoms with Crippen molar-refractivity contribution in [1.82, 2.24) is 24.5 Å². The number of methoxy groups -OCH3 is 1. The van der Waals surface area contributed by atoms with Gasteiger partial charge in [-0.2, -0.15) is 0 Å². The number of hydrogen-bond donors (Lipinski definition) is 3. The second-order valence-corrected chi connectivity index (χ2v) is 9.38. The van der Waals surface area contributed by atoms with Gasteiger partial charge in [0.2, 0.25) is 0 Å². The first-order chi connectivity index (χ1) is 18.2. The predicted octanol–water partition coefficient (Wildman–Crippen LogP) is 2.59. The van der Waals surface area contributed by atoms with Gasteiger partial charge in [0.15, 0.2) is 11.5 Å². The Balaban J connectivity index is 1.59. The SMILES string of the molecule is COc1cc(F)ccc1-c1cc(Cn2cnc3c(N)ncnc32)c(N2CCCC(N)([C@@H](O)C(F)F)C2)cn1. The Kier molecular flexibility index (Phi) is 6.80. The molecule has 5 rings (SSSR count). The van der Waals surface area contributed by atoms with Gasteiger partial charge in [-0.25, -0.2) is 28.1 Å². The molecule has 5 N–H and O–H groups in total. The van der Waals surface area contributed by atoms with Crippen molar-refractivity contribution >= 4 is 22.7 Å². The molecule has 0 amide bonds. The summed E-state index contributed by atoms with van der Waals surface area (Å²) in [7, 11) is 1.44. The molecule has 1 fully saturated rings. The average Bonchev–Trinajstić information content (AvgIpc) is 3.32. The molecule has 1 aromatic carbocycles. The van der Waals surface area contributed by atoms with Crippen molar-refractivity contribution in [2.45, 2.75) is 37.5 Å². The molecule has 1 saturated heterocycles. The molecule has 10 nitrogen and oxygen atoms in total. The van der Waals surface area contributed by atoms with Crippen LogP contribution < -0.4 is 21.1 Å². The number of fused-ring (bicyclic) bond motifs is 1. The van der Waals surface area contributed by atoms with E-state index < -0.39 is 23.9 Å². The molecule has 1 aliphatic heterocycles. The molecule has 0 radical (unpaired) electrons. The number of benzene rings is 1. The van der Waals surface area contributed by atoms with Crippen LogP contribution in [-0.4, -0.2) is 67.9 Å². The number of aliphatic hydroxyl groups excluding tert-OH is 1. The number of imidazole rings is 1. The van der Waals surface area contributed by atoms with Gasteiger partial charge in [-0.1, -0.05) is 0 Å². The lowest BCUT2D eigenvalue weighted by Gasteiger charge is -2.44. The molecule has 4 aromatic rings. The van der Waals surface area contributed by atoms with Gasteiger partial charge in [0, 0.05) is 24.7 Å². The molecule has 38 heavy (non-hydrogen) atoms. The molecule has 0 spiro atoms. The van der Waals surface area contributed by atoms with Crippen molar-refractivity contribution in [2.24, 2.45) is 5.73 Å². The Morgan fingerprint density at radius 1 is 1.18 bits per heavy atom. The van der Waals surface area contributed by atoms with Gasteiger partial charge in [-0.3, -0.25) is 4.98 Å².